The van der Waals surface area contributed by atoms with Crippen LogP contribution < -0.4 is 5.32 Å². The first-order valence-corrected chi connectivity index (χ1v) is 10.5. The van der Waals surface area contributed by atoms with Crippen molar-refractivity contribution in [3.63, 3.8) is 0 Å². The number of hydrogen-bond donors (Lipinski definition) is 1. The van der Waals surface area contributed by atoms with Gasteiger partial charge >= 0.3 is 5.97 Å². The summed E-state index contributed by atoms with van der Waals surface area (Å²) < 4.78 is 4.99. The summed E-state index contributed by atoms with van der Waals surface area (Å²) in [6.45, 7) is 13.3. The van der Waals surface area contributed by atoms with Crippen LogP contribution in [0.3, 0.4) is 0 Å². The van der Waals surface area contributed by atoms with E-state index in [9.17, 15) is 9.59 Å². The lowest BCUT2D eigenvalue weighted by atomic mass is 9.68. The van der Waals surface area contributed by atoms with Crippen molar-refractivity contribution in [1.29, 1.82) is 0 Å². The second-order valence-corrected chi connectivity index (χ2v) is 9.47. The number of ether oxygens (including phenoxy) is 1. The van der Waals surface area contributed by atoms with E-state index in [0.29, 0.717) is 17.7 Å². The lowest BCUT2D eigenvalue weighted by Crippen LogP contribution is -2.25. The summed E-state index contributed by atoms with van der Waals surface area (Å²) in [7, 11) is 0. The first kappa shape index (κ1) is 21.8. The van der Waals surface area contributed by atoms with Crippen molar-refractivity contribution in [1.82, 2.24) is 0 Å². The van der Waals surface area contributed by atoms with Gasteiger partial charge in [-0.1, -0.05) is 46.8 Å². The smallest absolute Gasteiger partial charge is 0.338 e. The zero-order valence-corrected chi connectivity index (χ0v) is 18.8. The standard InChI is InChI=1S/C26H31NO3/c1-7-30-24(29)18-10-8-17(9-11-18)23(28)27-19-12-13-22-20(16-19)21(25(2,3)4)14-15-26(22,5)6/h8-14,16H,7,15H2,1-6H3,(H,27,28). The van der Waals surface area contributed by atoms with Gasteiger partial charge in [-0.3, -0.25) is 4.79 Å². The number of benzene rings is 2. The van der Waals surface area contributed by atoms with Crippen LogP contribution in [0.5, 0.6) is 0 Å². The van der Waals surface area contributed by atoms with Gasteiger partial charge in [0.25, 0.3) is 5.91 Å². The van der Waals surface area contributed by atoms with E-state index in [0.717, 1.165) is 12.1 Å². The summed E-state index contributed by atoms with van der Waals surface area (Å²) >= 11 is 0. The van der Waals surface area contributed by atoms with Gasteiger partial charge in [-0.05, 0) is 77.3 Å². The molecule has 2 aromatic rings. The molecule has 1 amide bonds. The summed E-state index contributed by atoms with van der Waals surface area (Å²) in [5.74, 6) is -0.593. The van der Waals surface area contributed by atoms with Crippen molar-refractivity contribution >= 4 is 23.1 Å². The van der Waals surface area contributed by atoms with Crippen LogP contribution in [-0.2, 0) is 10.2 Å². The number of carbonyl (C=O) groups is 2. The third-order valence-corrected chi connectivity index (χ3v) is 5.58. The molecule has 0 saturated heterocycles. The Morgan fingerprint density at radius 1 is 1.03 bits per heavy atom. The van der Waals surface area contributed by atoms with Crippen LogP contribution in [0.15, 0.2) is 48.5 Å². The van der Waals surface area contributed by atoms with Crippen LogP contribution in [0.2, 0.25) is 0 Å². The highest BCUT2D eigenvalue weighted by Gasteiger charge is 2.32. The first-order chi connectivity index (χ1) is 14.0. The van der Waals surface area contributed by atoms with Crippen LogP contribution in [0.25, 0.3) is 5.57 Å². The molecule has 4 nitrogen and oxygen atoms in total. The molecule has 0 heterocycles. The molecular weight excluding hydrogens is 374 g/mol. The molecule has 30 heavy (non-hydrogen) atoms. The van der Waals surface area contributed by atoms with Crippen molar-refractivity contribution in [3.8, 4) is 0 Å². The molecule has 1 aliphatic rings. The predicted octanol–water partition coefficient (Wildman–Crippen LogP) is 6.23. The molecule has 3 rings (SSSR count). The number of esters is 1. The summed E-state index contributed by atoms with van der Waals surface area (Å²) in [5.41, 5.74) is 5.61. The molecular formula is C26H31NO3. The van der Waals surface area contributed by atoms with E-state index in [2.05, 4.69) is 58.1 Å². The molecule has 2 aromatic carbocycles. The number of amides is 1. The van der Waals surface area contributed by atoms with Crippen LogP contribution in [-0.4, -0.2) is 18.5 Å². The van der Waals surface area contributed by atoms with E-state index in [1.54, 1.807) is 31.2 Å². The summed E-state index contributed by atoms with van der Waals surface area (Å²) in [6.07, 6.45) is 3.34. The Morgan fingerprint density at radius 3 is 2.27 bits per heavy atom. The van der Waals surface area contributed by atoms with Gasteiger partial charge in [0.05, 0.1) is 12.2 Å². The summed E-state index contributed by atoms with van der Waals surface area (Å²) in [4.78, 5) is 24.5. The molecule has 0 spiro atoms. The number of hydrogen-bond acceptors (Lipinski definition) is 3. The van der Waals surface area contributed by atoms with E-state index in [4.69, 9.17) is 4.74 Å². The number of carbonyl (C=O) groups excluding carboxylic acids is 2. The highest BCUT2D eigenvalue weighted by molar-refractivity contribution is 6.05. The van der Waals surface area contributed by atoms with Gasteiger partial charge in [-0.2, -0.15) is 0 Å². The Morgan fingerprint density at radius 2 is 1.67 bits per heavy atom. The minimum absolute atomic E-state index is 0.0246. The molecule has 1 aliphatic carbocycles. The second-order valence-electron chi connectivity index (χ2n) is 9.47. The van der Waals surface area contributed by atoms with Crippen molar-refractivity contribution in [2.45, 2.75) is 53.4 Å². The van der Waals surface area contributed by atoms with E-state index in [-0.39, 0.29) is 22.7 Å². The molecule has 158 valence electrons. The predicted molar refractivity (Wildman–Crippen MR) is 122 cm³/mol. The molecule has 0 atom stereocenters. The minimum atomic E-state index is -0.386. The molecule has 0 aliphatic heterocycles. The van der Waals surface area contributed by atoms with E-state index < -0.39 is 0 Å². The fraction of sp³-hybridized carbons (Fsp3) is 0.385. The van der Waals surface area contributed by atoms with Crippen molar-refractivity contribution < 1.29 is 14.3 Å². The number of anilines is 1. The fourth-order valence-corrected chi connectivity index (χ4v) is 3.90. The Bertz CT molecular complexity index is 992. The Labute approximate surface area is 179 Å². The van der Waals surface area contributed by atoms with E-state index >= 15 is 0 Å². The van der Waals surface area contributed by atoms with Gasteiger partial charge in [0.1, 0.15) is 0 Å². The Kier molecular flexibility index (Phi) is 5.89. The molecule has 0 aromatic heterocycles. The fourth-order valence-electron chi connectivity index (χ4n) is 3.90. The number of fused-ring (bicyclic) bond motifs is 1. The quantitative estimate of drug-likeness (QED) is 0.614. The topological polar surface area (TPSA) is 55.4 Å². The Balaban J connectivity index is 1.85. The maximum Gasteiger partial charge on any atom is 0.338 e. The molecule has 0 fully saturated rings. The highest BCUT2D eigenvalue weighted by Crippen LogP contribution is 2.46. The second kappa shape index (κ2) is 8.10. The van der Waals surface area contributed by atoms with Crippen LogP contribution in [0.4, 0.5) is 5.69 Å². The zero-order chi connectivity index (χ0) is 22.1. The van der Waals surface area contributed by atoms with Crippen LogP contribution in [0, 0.1) is 5.41 Å². The normalized spacial score (nSPS) is 15.1. The van der Waals surface area contributed by atoms with Crippen molar-refractivity contribution in [2.24, 2.45) is 5.41 Å². The van der Waals surface area contributed by atoms with Crippen LogP contribution in [0.1, 0.15) is 79.8 Å². The third-order valence-electron chi connectivity index (χ3n) is 5.58. The van der Waals surface area contributed by atoms with Gasteiger partial charge in [0.2, 0.25) is 0 Å². The maximum atomic E-state index is 12.8. The molecule has 1 N–H and O–H groups in total. The van der Waals surface area contributed by atoms with Gasteiger partial charge < -0.3 is 10.1 Å². The zero-order valence-electron chi connectivity index (χ0n) is 18.8. The maximum absolute atomic E-state index is 12.8. The lowest BCUT2D eigenvalue weighted by molar-refractivity contribution is 0.0526. The van der Waals surface area contributed by atoms with Crippen molar-refractivity contribution in [3.05, 3.63) is 70.8 Å². The third kappa shape index (κ3) is 4.48. The highest BCUT2D eigenvalue weighted by atomic mass is 16.5. The average molecular weight is 406 g/mol. The lowest BCUT2D eigenvalue weighted by Gasteiger charge is -2.36. The first-order valence-electron chi connectivity index (χ1n) is 10.5. The van der Waals surface area contributed by atoms with Gasteiger partial charge in [-0.25, -0.2) is 4.79 Å². The molecule has 0 bridgehead atoms. The number of nitrogens with one attached hydrogen (secondary N) is 1. The van der Waals surface area contributed by atoms with Gasteiger partial charge in [-0.15, -0.1) is 0 Å². The number of rotatable bonds is 4. The summed E-state index contributed by atoms with van der Waals surface area (Å²) in [5, 5.41) is 3.00. The number of allylic oxidation sites excluding steroid dienone is 2. The van der Waals surface area contributed by atoms with Crippen LogP contribution >= 0.6 is 0 Å². The van der Waals surface area contributed by atoms with E-state index in [1.165, 1.54) is 16.7 Å². The summed E-state index contributed by atoms with van der Waals surface area (Å²) in [6, 6.07) is 12.7. The van der Waals surface area contributed by atoms with E-state index in [1.807, 2.05) is 6.07 Å². The SMILES string of the molecule is CCOC(=O)c1ccc(C(=O)Nc2ccc3c(c2)C(C(C)(C)C)=CCC3(C)C)cc1. The van der Waals surface area contributed by atoms with Gasteiger partial charge in [0.15, 0.2) is 0 Å². The average Bonchev–Trinajstić information content (AvgIpc) is 2.67. The molecule has 0 unspecified atom stereocenters. The van der Waals surface area contributed by atoms with Crippen molar-refractivity contribution in [2.75, 3.05) is 11.9 Å². The minimum Gasteiger partial charge on any atom is -0.462 e. The molecule has 0 saturated carbocycles. The largest absolute Gasteiger partial charge is 0.462 e. The van der Waals surface area contributed by atoms with Gasteiger partial charge in [0, 0.05) is 11.3 Å². The molecule has 4 heteroatoms. The Hall–Kier alpha value is -2.88. The molecule has 0 radical (unpaired) electrons. The monoisotopic (exact) mass is 405 g/mol.